The lowest BCUT2D eigenvalue weighted by molar-refractivity contribution is -0.158. The van der Waals surface area contributed by atoms with Crippen LogP contribution in [0.1, 0.15) is 38.5 Å². The maximum Gasteiger partial charge on any atom is 0.312 e. The minimum absolute atomic E-state index is 0.0884. The topological polar surface area (TPSA) is 58.6 Å². The highest BCUT2D eigenvalue weighted by atomic mass is 16.5. The van der Waals surface area contributed by atoms with Crippen LogP contribution in [0.4, 0.5) is 5.95 Å². The molecule has 5 fully saturated rings. The molecule has 27 heavy (non-hydrogen) atoms. The zero-order valence-corrected chi connectivity index (χ0v) is 16.1. The third-order valence-electron chi connectivity index (χ3n) is 7.46. The summed E-state index contributed by atoms with van der Waals surface area (Å²) in [5.74, 6) is 3.19. The van der Waals surface area contributed by atoms with Crippen molar-refractivity contribution >= 4 is 11.9 Å². The van der Waals surface area contributed by atoms with Gasteiger partial charge in [-0.1, -0.05) is 0 Å². The number of carbonyl (C=O) groups is 1. The maximum atomic E-state index is 12.8. The molecule has 4 atom stereocenters. The van der Waals surface area contributed by atoms with Gasteiger partial charge >= 0.3 is 5.97 Å². The quantitative estimate of drug-likeness (QED) is 0.566. The lowest BCUT2D eigenvalue weighted by Gasteiger charge is -2.34. The number of nitrogens with zero attached hydrogens (tertiary/aromatic N) is 4. The van der Waals surface area contributed by atoms with Gasteiger partial charge in [-0.2, -0.15) is 0 Å². The summed E-state index contributed by atoms with van der Waals surface area (Å²) < 4.78 is 5.78. The van der Waals surface area contributed by atoms with E-state index in [1.165, 1.54) is 19.3 Å². The Bertz CT molecular complexity index is 660. The highest BCUT2D eigenvalue weighted by Crippen LogP contribution is 2.65. The van der Waals surface area contributed by atoms with Crippen LogP contribution in [0.3, 0.4) is 0 Å². The molecule has 6 rings (SSSR count). The Morgan fingerprint density at radius 1 is 1.07 bits per heavy atom. The van der Waals surface area contributed by atoms with Gasteiger partial charge in [-0.25, -0.2) is 9.97 Å². The smallest absolute Gasteiger partial charge is 0.312 e. The molecule has 2 unspecified atom stereocenters. The van der Waals surface area contributed by atoms with Crippen molar-refractivity contribution in [3.8, 4) is 0 Å². The molecule has 4 bridgehead atoms. The molecule has 4 saturated carbocycles. The van der Waals surface area contributed by atoms with Crippen molar-refractivity contribution in [3.05, 3.63) is 18.5 Å². The van der Waals surface area contributed by atoms with Crippen LogP contribution in [-0.4, -0.2) is 60.2 Å². The van der Waals surface area contributed by atoms with Crippen LogP contribution in [0.25, 0.3) is 0 Å². The van der Waals surface area contributed by atoms with E-state index in [2.05, 4.69) is 19.8 Å². The molecule has 1 aromatic heterocycles. The van der Waals surface area contributed by atoms with Crippen molar-refractivity contribution in [1.82, 2.24) is 14.9 Å². The molecule has 5 aliphatic rings. The predicted octanol–water partition coefficient (Wildman–Crippen LogP) is 2.36. The van der Waals surface area contributed by atoms with Crippen LogP contribution in [0.15, 0.2) is 18.5 Å². The van der Waals surface area contributed by atoms with Crippen LogP contribution in [0.5, 0.6) is 0 Å². The molecule has 4 aliphatic carbocycles. The molecule has 0 N–H and O–H groups in total. The van der Waals surface area contributed by atoms with Gasteiger partial charge in [0.15, 0.2) is 0 Å². The van der Waals surface area contributed by atoms with E-state index in [0.29, 0.717) is 12.5 Å². The number of rotatable bonds is 6. The second-order valence-electron chi connectivity index (χ2n) is 9.07. The first-order valence-corrected chi connectivity index (χ1v) is 10.6. The third-order valence-corrected chi connectivity index (χ3v) is 7.46. The van der Waals surface area contributed by atoms with E-state index in [-0.39, 0.29) is 11.4 Å². The van der Waals surface area contributed by atoms with E-state index in [1.807, 2.05) is 6.07 Å². The van der Waals surface area contributed by atoms with Crippen molar-refractivity contribution < 1.29 is 9.53 Å². The average molecular weight is 370 g/mol. The second kappa shape index (κ2) is 7.04. The molecule has 6 heteroatoms. The number of ether oxygens (including phenoxy) is 1. The average Bonchev–Trinajstić information content (AvgIpc) is 3.11. The Labute approximate surface area is 161 Å². The monoisotopic (exact) mass is 370 g/mol. The summed E-state index contributed by atoms with van der Waals surface area (Å²) in [7, 11) is 0. The summed E-state index contributed by atoms with van der Waals surface area (Å²) in [5, 5.41) is 0. The SMILES string of the molecule is O=C(OCCCN1CCN(c2ncccn2)CC1)C12C[C@@H]3CC1C[C@@H](C3)C2. The molecule has 0 amide bonds. The number of esters is 1. The Kier molecular flexibility index (Phi) is 4.54. The normalized spacial score (nSPS) is 35.0. The molecule has 0 aromatic carbocycles. The van der Waals surface area contributed by atoms with Crippen LogP contribution in [0, 0.1) is 23.2 Å². The minimum Gasteiger partial charge on any atom is -0.465 e. The van der Waals surface area contributed by atoms with Gasteiger partial charge in [0.25, 0.3) is 0 Å². The molecule has 1 aliphatic heterocycles. The molecule has 1 aromatic rings. The van der Waals surface area contributed by atoms with E-state index >= 15 is 0 Å². The molecule has 0 radical (unpaired) electrons. The Morgan fingerprint density at radius 3 is 2.48 bits per heavy atom. The molecule has 1 saturated heterocycles. The van der Waals surface area contributed by atoms with Gasteiger partial charge in [-0.3, -0.25) is 9.69 Å². The highest BCUT2D eigenvalue weighted by molar-refractivity contribution is 5.78. The fraction of sp³-hybridized carbons (Fsp3) is 0.762. The van der Waals surface area contributed by atoms with Crippen LogP contribution in [0.2, 0.25) is 0 Å². The number of aromatic nitrogens is 2. The molecule has 2 heterocycles. The molecular weight excluding hydrogens is 340 g/mol. The number of piperazine rings is 1. The van der Waals surface area contributed by atoms with E-state index in [9.17, 15) is 4.79 Å². The third kappa shape index (κ3) is 3.22. The van der Waals surface area contributed by atoms with E-state index in [4.69, 9.17) is 4.74 Å². The van der Waals surface area contributed by atoms with Crippen LogP contribution < -0.4 is 4.90 Å². The van der Waals surface area contributed by atoms with Crippen LogP contribution >= 0.6 is 0 Å². The van der Waals surface area contributed by atoms with Crippen LogP contribution in [-0.2, 0) is 9.53 Å². The van der Waals surface area contributed by atoms with Crippen molar-refractivity contribution in [3.63, 3.8) is 0 Å². The van der Waals surface area contributed by atoms with Gasteiger partial charge in [0, 0.05) is 45.1 Å². The predicted molar refractivity (Wildman–Crippen MR) is 102 cm³/mol. The van der Waals surface area contributed by atoms with E-state index in [1.54, 1.807) is 12.4 Å². The van der Waals surface area contributed by atoms with Gasteiger partial charge in [-0.15, -0.1) is 0 Å². The van der Waals surface area contributed by atoms with Gasteiger partial charge < -0.3 is 9.64 Å². The highest BCUT2D eigenvalue weighted by Gasteiger charge is 2.62. The summed E-state index contributed by atoms with van der Waals surface area (Å²) in [5.41, 5.74) is -0.0884. The zero-order valence-electron chi connectivity index (χ0n) is 16.1. The minimum atomic E-state index is -0.0884. The fourth-order valence-electron chi connectivity index (χ4n) is 6.35. The lowest BCUT2D eigenvalue weighted by Crippen LogP contribution is -2.47. The fourth-order valence-corrected chi connectivity index (χ4v) is 6.35. The van der Waals surface area contributed by atoms with Gasteiger partial charge in [0.05, 0.1) is 12.0 Å². The Hall–Kier alpha value is -1.69. The van der Waals surface area contributed by atoms with Crippen molar-refractivity contribution in [1.29, 1.82) is 0 Å². The molecular formula is C21H30N4O2. The number of anilines is 1. The van der Waals surface area contributed by atoms with Crippen molar-refractivity contribution in [2.75, 3.05) is 44.2 Å². The molecule has 6 nitrogen and oxygen atoms in total. The second-order valence-corrected chi connectivity index (χ2v) is 9.07. The first kappa shape index (κ1) is 17.4. The first-order valence-electron chi connectivity index (χ1n) is 10.6. The number of carbonyl (C=O) groups excluding carboxylic acids is 1. The standard InChI is InChI=1S/C21H30N4O2/c26-19(21-14-16-11-17(15-21)13-18(21)12-16)27-10-2-5-24-6-8-25(9-7-24)20-22-3-1-4-23-20/h1,3-4,16-18H,2,5-15H2/t16-,17+,18?,21?. The van der Waals surface area contributed by atoms with Crippen molar-refractivity contribution in [2.24, 2.45) is 23.2 Å². The molecule has 146 valence electrons. The number of hydrogen-bond acceptors (Lipinski definition) is 6. The van der Waals surface area contributed by atoms with Gasteiger partial charge in [-0.05, 0) is 62.3 Å². The summed E-state index contributed by atoms with van der Waals surface area (Å²) >= 11 is 0. The summed E-state index contributed by atoms with van der Waals surface area (Å²) in [6.45, 7) is 5.51. The first-order chi connectivity index (χ1) is 13.2. The van der Waals surface area contributed by atoms with E-state index in [0.717, 1.165) is 69.8 Å². The van der Waals surface area contributed by atoms with Gasteiger partial charge in [0.1, 0.15) is 0 Å². The summed E-state index contributed by atoms with van der Waals surface area (Å²) in [4.78, 5) is 26.2. The van der Waals surface area contributed by atoms with E-state index < -0.39 is 0 Å². The van der Waals surface area contributed by atoms with Crippen molar-refractivity contribution in [2.45, 2.75) is 38.5 Å². The zero-order chi connectivity index (χ0) is 18.3. The Morgan fingerprint density at radius 2 is 1.78 bits per heavy atom. The summed E-state index contributed by atoms with van der Waals surface area (Å²) in [6.07, 6.45) is 10.7. The maximum absolute atomic E-state index is 12.8. The Balaban J connectivity index is 1.03. The largest absolute Gasteiger partial charge is 0.465 e. The molecule has 0 spiro atoms. The van der Waals surface area contributed by atoms with Gasteiger partial charge in [0.2, 0.25) is 5.95 Å². The lowest BCUT2D eigenvalue weighted by atomic mass is 9.75. The number of hydrogen-bond donors (Lipinski definition) is 0. The summed E-state index contributed by atoms with van der Waals surface area (Å²) in [6, 6.07) is 1.85.